The van der Waals surface area contributed by atoms with Gasteiger partial charge in [-0.05, 0) is 37.1 Å². The fourth-order valence-electron chi connectivity index (χ4n) is 3.73. The minimum Gasteiger partial charge on any atom is -0.507 e. The first-order chi connectivity index (χ1) is 13.8. The number of rotatable bonds is 6. The predicted octanol–water partition coefficient (Wildman–Crippen LogP) is 1.65. The van der Waals surface area contributed by atoms with Gasteiger partial charge in [0.25, 0.3) is 11.7 Å². The monoisotopic (exact) mass is 394 g/mol. The van der Waals surface area contributed by atoms with Crippen molar-refractivity contribution in [2.75, 3.05) is 27.2 Å². The van der Waals surface area contributed by atoms with E-state index in [-0.39, 0.29) is 11.3 Å². The Hall–Kier alpha value is -2.99. The van der Waals surface area contributed by atoms with Crippen molar-refractivity contribution in [3.63, 3.8) is 0 Å². The summed E-state index contributed by atoms with van der Waals surface area (Å²) in [6.45, 7) is 5.12. The SMILES string of the molecule is Cc1ccc(C)c(C(O)=C2C(=O)C(=O)N(CCC[NH+](C)C)[C@H]2c2cccnc2)c1. The number of nitrogens with one attached hydrogen (secondary N) is 1. The number of quaternary nitrogens is 1. The molecule has 1 fully saturated rings. The van der Waals surface area contributed by atoms with Crippen LogP contribution >= 0.6 is 0 Å². The van der Waals surface area contributed by atoms with Crippen molar-refractivity contribution in [3.05, 3.63) is 70.6 Å². The molecule has 152 valence electrons. The summed E-state index contributed by atoms with van der Waals surface area (Å²) in [5.74, 6) is -1.34. The largest absolute Gasteiger partial charge is 0.507 e. The van der Waals surface area contributed by atoms with Crippen LogP contribution in [0.4, 0.5) is 0 Å². The van der Waals surface area contributed by atoms with Gasteiger partial charge in [-0.3, -0.25) is 14.6 Å². The van der Waals surface area contributed by atoms with E-state index in [0.717, 1.165) is 29.7 Å². The molecule has 1 aromatic heterocycles. The lowest BCUT2D eigenvalue weighted by Crippen LogP contribution is -3.05. The van der Waals surface area contributed by atoms with Crippen LogP contribution in [0.1, 0.15) is 34.7 Å². The Morgan fingerprint density at radius 3 is 2.62 bits per heavy atom. The van der Waals surface area contributed by atoms with Gasteiger partial charge in [0.2, 0.25) is 0 Å². The molecule has 3 rings (SSSR count). The third kappa shape index (κ3) is 4.22. The fourth-order valence-corrected chi connectivity index (χ4v) is 3.73. The van der Waals surface area contributed by atoms with E-state index in [1.54, 1.807) is 23.4 Å². The normalized spacial score (nSPS) is 18.7. The summed E-state index contributed by atoms with van der Waals surface area (Å²) in [6, 6.07) is 8.67. The zero-order chi connectivity index (χ0) is 21.1. The summed E-state index contributed by atoms with van der Waals surface area (Å²) in [5, 5.41) is 11.1. The first kappa shape index (κ1) is 20.7. The second-order valence-electron chi connectivity index (χ2n) is 7.91. The molecule has 0 unspecified atom stereocenters. The molecular weight excluding hydrogens is 366 g/mol. The topological polar surface area (TPSA) is 74.9 Å². The highest BCUT2D eigenvalue weighted by Gasteiger charge is 2.46. The van der Waals surface area contributed by atoms with Crippen molar-refractivity contribution in [1.29, 1.82) is 0 Å². The van der Waals surface area contributed by atoms with Gasteiger partial charge < -0.3 is 14.9 Å². The second-order valence-corrected chi connectivity index (χ2v) is 7.91. The number of Topliss-reactive ketones (excluding diaryl/α,β-unsaturated/α-hetero) is 1. The van der Waals surface area contributed by atoms with Crippen LogP contribution in [0.3, 0.4) is 0 Å². The molecule has 1 saturated heterocycles. The van der Waals surface area contributed by atoms with Crippen molar-refractivity contribution in [1.82, 2.24) is 9.88 Å². The lowest BCUT2D eigenvalue weighted by Gasteiger charge is -2.25. The van der Waals surface area contributed by atoms with Crippen molar-refractivity contribution in [2.45, 2.75) is 26.3 Å². The number of nitrogens with zero attached hydrogens (tertiary/aromatic N) is 2. The number of aliphatic hydroxyl groups is 1. The van der Waals surface area contributed by atoms with Gasteiger partial charge in [0.1, 0.15) is 5.76 Å². The van der Waals surface area contributed by atoms with E-state index in [4.69, 9.17) is 0 Å². The number of amides is 1. The zero-order valence-electron chi connectivity index (χ0n) is 17.4. The third-order valence-corrected chi connectivity index (χ3v) is 5.26. The lowest BCUT2D eigenvalue weighted by molar-refractivity contribution is -0.858. The van der Waals surface area contributed by atoms with Crippen LogP contribution in [-0.2, 0) is 9.59 Å². The third-order valence-electron chi connectivity index (χ3n) is 5.26. The van der Waals surface area contributed by atoms with Crippen molar-refractivity contribution >= 4 is 17.4 Å². The van der Waals surface area contributed by atoms with Crippen LogP contribution in [0.2, 0.25) is 0 Å². The number of ketones is 1. The molecule has 0 saturated carbocycles. The number of carbonyl (C=O) groups excluding carboxylic acids is 2. The Bertz CT molecular complexity index is 951. The standard InChI is InChI=1S/C23H27N3O3/c1-15-8-9-16(2)18(13-15)21(27)19-20(17-7-5-10-24-14-17)26(23(29)22(19)28)12-6-11-25(3)4/h5,7-10,13-14,20,27H,6,11-12H2,1-4H3/p+1/t20-/m0/s1. The average molecular weight is 394 g/mol. The lowest BCUT2D eigenvalue weighted by atomic mass is 9.94. The number of aromatic nitrogens is 1. The van der Waals surface area contributed by atoms with Crippen molar-refractivity contribution < 1.29 is 19.6 Å². The van der Waals surface area contributed by atoms with Crippen LogP contribution in [0.5, 0.6) is 0 Å². The van der Waals surface area contributed by atoms with Crippen molar-refractivity contribution in [3.8, 4) is 0 Å². The molecule has 1 atom stereocenters. The van der Waals surface area contributed by atoms with Crippen LogP contribution in [0.15, 0.2) is 48.3 Å². The van der Waals surface area contributed by atoms with Crippen LogP contribution < -0.4 is 4.90 Å². The van der Waals surface area contributed by atoms with Gasteiger partial charge in [-0.1, -0.05) is 23.8 Å². The maximum absolute atomic E-state index is 13.0. The van der Waals surface area contributed by atoms with Crippen LogP contribution in [-0.4, -0.2) is 53.9 Å². The molecule has 6 nitrogen and oxygen atoms in total. The Labute approximate surface area is 171 Å². The predicted molar refractivity (Wildman–Crippen MR) is 111 cm³/mol. The highest BCUT2D eigenvalue weighted by molar-refractivity contribution is 6.46. The van der Waals surface area contributed by atoms with E-state index in [0.29, 0.717) is 12.1 Å². The Morgan fingerprint density at radius 1 is 1.21 bits per heavy atom. The quantitative estimate of drug-likeness (QED) is 0.444. The van der Waals surface area contributed by atoms with Gasteiger partial charge in [-0.25, -0.2) is 0 Å². The van der Waals surface area contributed by atoms with Crippen LogP contribution in [0.25, 0.3) is 5.76 Å². The van der Waals surface area contributed by atoms with E-state index < -0.39 is 17.7 Å². The van der Waals surface area contributed by atoms with Gasteiger partial charge in [0.05, 0.1) is 32.3 Å². The molecule has 0 aliphatic carbocycles. The summed E-state index contributed by atoms with van der Waals surface area (Å²) >= 11 is 0. The van der Waals surface area contributed by atoms with Gasteiger partial charge in [0, 0.05) is 30.9 Å². The first-order valence-electron chi connectivity index (χ1n) is 9.86. The molecule has 1 amide bonds. The average Bonchev–Trinajstić information content (AvgIpc) is 2.94. The molecule has 2 N–H and O–H groups in total. The summed E-state index contributed by atoms with van der Waals surface area (Å²) < 4.78 is 0. The Kier molecular flexibility index (Phi) is 6.13. The molecule has 0 bridgehead atoms. The van der Waals surface area contributed by atoms with Gasteiger partial charge >= 0.3 is 0 Å². The number of aryl methyl sites for hydroxylation is 2. The summed E-state index contributed by atoms with van der Waals surface area (Å²) in [4.78, 5) is 32.8. The number of carbonyl (C=O) groups is 2. The van der Waals surface area contributed by atoms with Crippen LogP contribution in [0, 0.1) is 13.8 Å². The number of aliphatic hydroxyl groups excluding tert-OH is 1. The summed E-state index contributed by atoms with van der Waals surface area (Å²) in [6.07, 6.45) is 4.06. The molecule has 29 heavy (non-hydrogen) atoms. The zero-order valence-corrected chi connectivity index (χ0v) is 17.4. The second kappa shape index (κ2) is 8.57. The van der Waals surface area contributed by atoms with E-state index in [1.807, 2.05) is 52.2 Å². The fraction of sp³-hybridized carbons (Fsp3) is 0.348. The first-order valence-corrected chi connectivity index (χ1v) is 9.86. The van der Waals surface area contributed by atoms with Gasteiger partial charge in [-0.2, -0.15) is 0 Å². The van der Waals surface area contributed by atoms with Crippen molar-refractivity contribution in [2.24, 2.45) is 0 Å². The highest BCUT2D eigenvalue weighted by Crippen LogP contribution is 2.39. The Balaban J connectivity index is 2.12. The van der Waals surface area contributed by atoms with Gasteiger partial charge in [-0.15, -0.1) is 0 Å². The number of benzene rings is 1. The molecule has 0 spiro atoms. The molecular formula is C23H28N3O3+. The van der Waals surface area contributed by atoms with E-state index in [9.17, 15) is 14.7 Å². The smallest absolute Gasteiger partial charge is 0.295 e. The number of hydrogen-bond acceptors (Lipinski definition) is 4. The van der Waals surface area contributed by atoms with E-state index >= 15 is 0 Å². The molecule has 1 aliphatic heterocycles. The molecule has 2 heterocycles. The summed E-state index contributed by atoms with van der Waals surface area (Å²) in [7, 11) is 4.10. The van der Waals surface area contributed by atoms with Gasteiger partial charge in [0.15, 0.2) is 0 Å². The van der Waals surface area contributed by atoms with E-state index in [1.165, 1.54) is 4.90 Å². The highest BCUT2D eigenvalue weighted by atomic mass is 16.3. The molecule has 2 aromatic rings. The molecule has 1 aliphatic rings. The number of hydrogen-bond donors (Lipinski definition) is 2. The summed E-state index contributed by atoms with van der Waals surface area (Å²) in [5.41, 5.74) is 3.25. The molecule has 0 radical (unpaired) electrons. The minimum absolute atomic E-state index is 0.126. The maximum Gasteiger partial charge on any atom is 0.295 e. The number of likely N-dealkylation sites (tertiary alicyclic amines) is 1. The van der Waals surface area contributed by atoms with E-state index in [2.05, 4.69) is 4.98 Å². The number of pyridine rings is 1. The molecule has 6 heteroatoms. The maximum atomic E-state index is 13.0. The Morgan fingerprint density at radius 2 is 1.97 bits per heavy atom. The molecule has 1 aromatic carbocycles. The minimum atomic E-state index is -0.644.